The fraction of sp³-hybridized carbons (Fsp3) is 0.472. The molecule has 2 aliphatic heterocycles. The highest BCUT2D eigenvalue weighted by molar-refractivity contribution is 7.29. The van der Waals surface area contributed by atoms with Gasteiger partial charge in [0, 0.05) is 38.1 Å². The third-order valence-corrected chi connectivity index (χ3v) is 16.3. The fourth-order valence-corrected chi connectivity index (χ4v) is 12.5. The number of hydrogen-bond acceptors (Lipinski definition) is 3. The van der Waals surface area contributed by atoms with Crippen LogP contribution in [0.2, 0.25) is 0 Å². The molecule has 0 unspecified atom stereocenters. The Labute approximate surface area is 349 Å². The van der Waals surface area contributed by atoms with Crippen LogP contribution in [0.1, 0.15) is 161 Å². The van der Waals surface area contributed by atoms with Gasteiger partial charge >= 0.3 is 0 Å². The standard InChI is InChI=1S/C53H65BN2S/c1-32-28-41-44-42(29-32)56(36-22-18-34(19-23-36)49(5,6)7)45-43-46(53(14,15)27-26-52(43,12)13)57-47(45)54(44)39-30-37-38(51(10,11)25-24-50(37,8)9)31-40(39)55(41)35-20-16-33(17-21-35)48(2,3)4/h16-23,28-31H,24-27H2,1-15H3. The molecule has 0 spiro atoms. The molecule has 3 heterocycles. The first-order chi connectivity index (χ1) is 26.4. The van der Waals surface area contributed by atoms with Gasteiger partial charge < -0.3 is 9.80 Å². The number of fused-ring (bicyclic) bond motifs is 7. The lowest BCUT2D eigenvalue weighted by atomic mass is 9.35. The van der Waals surface area contributed by atoms with E-state index < -0.39 is 0 Å². The van der Waals surface area contributed by atoms with Crippen LogP contribution in [-0.4, -0.2) is 6.71 Å². The van der Waals surface area contributed by atoms with E-state index in [9.17, 15) is 0 Å². The summed E-state index contributed by atoms with van der Waals surface area (Å²) in [6, 6.07) is 29.4. The first kappa shape index (κ1) is 38.7. The summed E-state index contributed by atoms with van der Waals surface area (Å²) in [5, 5.41) is 0. The zero-order chi connectivity index (χ0) is 41.0. The van der Waals surface area contributed by atoms with E-state index in [-0.39, 0.29) is 39.2 Å². The van der Waals surface area contributed by atoms with Gasteiger partial charge in [0.25, 0.3) is 6.71 Å². The van der Waals surface area contributed by atoms with Gasteiger partial charge in [0.05, 0.1) is 5.69 Å². The van der Waals surface area contributed by atoms with Crippen LogP contribution in [0.3, 0.4) is 0 Å². The van der Waals surface area contributed by atoms with Crippen molar-refractivity contribution < 1.29 is 0 Å². The zero-order valence-electron chi connectivity index (χ0n) is 37.6. The summed E-state index contributed by atoms with van der Waals surface area (Å²) in [6.07, 6.45) is 4.80. The fourth-order valence-electron chi connectivity index (χ4n) is 10.7. The Hall–Kier alpha value is -3.76. The number of rotatable bonds is 2. The molecule has 2 aliphatic carbocycles. The molecule has 57 heavy (non-hydrogen) atoms. The second kappa shape index (κ2) is 12.2. The van der Waals surface area contributed by atoms with Crippen molar-refractivity contribution in [3.05, 3.63) is 111 Å². The van der Waals surface area contributed by atoms with Crippen molar-refractivity contribution in [1.82, 2.24) is 0 Å². The molecule has 5 aromatic rings. The Morgan fingerprint density at radius 2 is 1.00 bits per heavy atom. The summed E-state index contributed by atoms with van der Waals surface area (Å²) in [6.45, 7) is 36.4. The van der Waals surface area contributed by atoms with E-state index in [0.717, 1.165) is 0 Å². The largest absolute Gasteiger partial charge is 0.311 e. The molecule has 0 amide bonds. The lowest BCUT2D eigenvalue weighted by Crippen LogP contribution is -2.61. The molecular formula is C53H65BN2S. The van der Waals surface area contributed by atoms with Crippen LogP contribution in [0.15, 0.2) is 72.8 Å². The summed E-state index contributed by atoms with van der Waals surface area (Å²) < 4.78 is 1.53. The summed E-state index contributed by atoms with van der Waals surface area (Å²) in [5.74, 6) is 0. The second-order valence-corrected chi connectivity index (χ2v) is 24.0. The number of thiophene rings is 1. The van der Waals surface area contributed by atoms with Gasteiger partial charge in [-0.25, -0.2) is 0 Å². The third kappa shape index (κ3) is 5.84. The minimum Gasteiger partial charge on any atom is -0.311 e. The highest BCUT2D eigenvalue weighted by Crippen LogP contribution is 2.57. The number of nitrogens with zero attached hydrogens (tertiary/aromatic N) is 2. The first-order valence-electron chi connectivity index (χ1n) is 21.7. The molecule has 0 atom stereocenters. The minimum absolute atomic E-state index is 0.0584. The van der Waals surface area contributed by atoms with Crippen molar-refractivity contribution in [3.63, 3.8) is 0 Å². The van der Waals surface area contributed by atoms with Gasteiger partial charge in [0.2, 0.25) is 0 Å². The average molecular weight is 773 g/mol. The molecule has 0 radical (unpaired) electrons. The van der Waals surface area contributed by atoms with E-state index in [2.05, 4.69) is 198 Å². The zero-order valence-corrected chi connectivity index (χ0v) is 38.5. The Morgan fingerprint density at radius 3 is 1.53 bits per heavy atom. The number of aryl methyl sites for hydroxylation is 1. The van der Waals surface area contributed by atoms with Gasteiger partial charge in [-0.05, 0) is 152 Å². The average Bonchev–Trinajstić information content (AvgIpc) is 3.54. The normalized spacial score (nSPS) is 19.7. The van der Waals surface area contributed by atoms with Gasteiger partial charge in [0.1, 0.15) is 0 Å². The lowest BCUT2D eigenvalue weighted by molar-refractivity contribution is 0.332. The molecule has 0 fully saturated rings. The van der Waals surface area contributed by atoms with Crippen LogP contribution in [0, 0.1) is 6.92 Å². The van der Waals surface area contributed by atoms with Crippen molar-refractivity contribution in [2.24, 2.45) is 0 Å². The predicted molar refractivity (Wildman–Crippen MR) is 251 cm³/mol. The van der Waals surface area contributed by atoms with Crippen molar-refractivity contribution in [2.45, 2.75) is 162 Å². The number of hydrogen-bond donors (Lipinski definition) is 0. The maximum absolute atomic E-state index is 2.71. The summed E-state index contributed by atoms with van der Waals surface area (Å²) in [5.41, 5.74) is 20.1. The maximum atomic E-state index is 2.71. The quantitative estimate of drug-likeness (QED) is 0.162. The van der Waals surface area contributed by atoms with E-state index in [1.165, 1.54) is 97.8 Å². The van der Waals surface area contributed by atoms with Crippen LogP contribution in [-0.2, 0) is 32.5 Å². The smallest absolute Gasteiger partial charge is 0.264 e. The Balaban J connectivity index is 1.41. The van der Waals surface area contributed by atoms with E-state index in [1.54, 1.807) is 16.0 Å². The Kier molecular flexibility index (Phi) is 8.26. The maximum Gasteiger partial charge on any atom is 0.264 e. The van der Waals surface area contributed by atoms with Gasteiger partial charge in [-0.1, -0.05) is 127 Å². The molecule has 0 N–H and O–H groups in total. The van der Waals surface area contributed by atoms with Gasteiger partial charge in [-0.2, -0.15) is 11.3 Å². The topological polar surface area (TPSA) is 6.48 Å². The lowest BCUT2D eigenvalue weighted by Gasteiger charge is -2.47. The van der Waals surface area contributed by atoms with Crippen molar-refractivity contribution in [3.8, 4) is 0 Å². The van der Waals surface area contributed by atoms with Crippen LogP contribution < -0.4 is 25.5 Å². The first-order valence-corrected chi connectivity index (χ1v) is 22.5. The van der Waals surface area contributed by atoms with E-state index >= 15 is 0 Å². The number of anilines is 6. The molecule has 1 aromatic heterocycles. The Morgan fingerprint density at radius 1 is 0.544 bits per heavy atom. The molecule has 4 aromatic carbocycles. The van der Waals surface area contributed by atoms with Gasteiger partial charge in [-0.3, -0.25) is 0 Å². The van der Waals surface area contributed by atoms with Crippen molar-refractivity contribution in [2.75, 3.05) is 9.80 Å². The summed E-state index contributed by atoms with van der Waals surface area (Å²) >= 11 is 2.14. The van der Waals surface area contributed by atoms with E-state index in [1.807, 2.05) is 0 Å². The molecule has 0 saturated carbocycles. The van der Waals surface area contributed by atoms with Crippen LogP contribution in [0.25, 0.3) is 0 Å². The second-order valence-electron chi connectivity index (χ2n) is 22.9. The van der Waals surface area contributed by atoms with Crippen LogP contribution in [0.4, 0.5) is 34.1 Å². The summed E-state index contributed by atoms with van der Waals surface area (Å²) in [7, 11) is 0. The monoisotopic (exact) mass is 772 g/mol. The number of benzene rings is 4. The molecule has 296 valence electrons. The molecule has 2 nitrogen and oxygen atoms in total. The molecular weight excluding hydrogens is 707 g/mol. The van der Waals surface area contributed by atoms with Gasteiger partial charge in [-0.15, -0.1) is 0 Å². The third-order valence-electron chi connectivity index (χ3n) is 14.6. The SMILES string of the molecule is Cc1cc2c3c(c1)N(c1ccc(C(C)(C)C)cc1)c1c(sc4c1C(C)(C)CCC4(C)C)B3c1cc3c(cc1N2c1ccc(C(C)(C)C)cc1)C(C)(C)CCC3(C)C. The van der Waals surface area contributed by atoms with Crippen LogP contribution in [0.5, 0.6) is 0 Å². The van der Waals surface area contributed by atoms with Crippen molar-refractivity contribution in [1.29, 1.82) is 0 Å². The van der Waals surface area contributed by atoms with Crippen molar-refractivity contribution >= 4 is 67.9 Å². The molecule has 0 bridgehead atoms. The highest BCUT2D eigenvalue weighted by atomic mass is 32.1. The predicted octanol–water partition coefficient (Wildman–Crippen LogP) is 13.4. The van der Waals surface area contributed by atoms with E-state index in [0.29, 0.717) is 0 Å². The Bertz CT molecular complexity index is 2440. The summed E-state index contributed by atoms with van der Waals surface area (Å²) in [4.78, 5) is 6.95. The molecule has 4 heteroatoms. The molecule has 9 rings (SSSR count). The minimum atomic E-state index is 0.0584. The van der Waals surface area contributed by atoms with Gasteiger partial charge in [0.15, 0.2) is 0 Å². The van der Waals surface area contributed by atoms with Crippen LogP contribution >= 0.6 is 11.3 Å². The highest BCUT2D eigenvalue weighted by Gasteiger charge is 2.51. The van der Waals surface area contributed by atoms with E-state index in [4.69, 9.17) is 0 Å². The molecule has 0 saturated heterocycles. The molecule has 4 aliphatic rings.